The Bertz CT molecular complexity index is 978. The summed E-state index contributed by atoms with van der Waals surface area (Å²) in [6, 6.07) is 6.95. The number of hydrogen-bond acceptors (Lipinski definition) is 3. The molecule has 9 heteroatoms. The largest absolute Gasteiger partial charge is 0.483 e. The molecule has 0 aliphatic rings. The molecule has 148 valence electrons. The van der Waals surface area contributed by atoms with Gasteiger partial charge in [0.2, 0.25) is 0 Å². The van der Waals surface area contributed by atoms with Crippen molar-refractivity contribution in [3.05, 3.63) is 69.9 Å². The fraction of sp³-hybridized carbons (Fsp3) is 0.211. The summed E-state index contributed by atoms with van der Waals surface area (Å²) in [5.74, 6) is -3.46. The molecule has 0 aliphatic carbocycles. The fourth-order valence-electron chi connectivity index (χ4n) is 2.64. The molecule has 0 fully saturated rings. The first-order valence-electron chi connectivity index (χ1n) is 8.13. The number of rotatable bonds is 5. The van der Waals surface area contributed by atoms with Gasteiger partial charge in [-0.1, -0.05) is 25.1 Å². The van der Waals surface area contributed by atoms with Crippen LogP contribution in [0, 0.1) is 17.5 Å². The van der Waals surface area contributed by atoms with E-state index in [0.717, 1.165) is 24.3 Å². The normalized spacial score (nSPS) is 11.7. The van der Waals surface area contributed by atoms with E-state index in [1.165, 1.54) is 12.1 Å². The lowest BCUT2D eigenvalue weighted by Crippen LogP contribution is -2.09. The Balaban J connectivity index is 2.03. The van der Waals surface area contributed by atoms with Crippen molar-refractivity contribution in [2.45, 2.75) is 26.1 Å². The predicted molar refractivity (Wildman–Crippen MR) is 92.6 cm³/mol. The van der Waals surface area contributed by atoms with Crippen molar-refractivity contribution in [2.75, 3.05) is 0 Å². The third kappa shape index (κ3) is 3.99. The number of aryl methyl sites for hydroxylation is 1. The van der Waals surface area contributed by atoms with Crippen molar-refractivity contribution in [1.29, 1.82) is 0 Å². The van der Waals surface area contributed by atoms with Gasteiger partial charge in [0.25, 0.3) is 0 Å². The third-order valence-corrected chi connectivity index (χ3v) is 4.97. The molecule has 0 spiro atoms. The van der Waals surface area contributed by atoms with Crippen molar-refractivity contribution in [2.24, 2.45) is 0 Å². The van der Waals surface area contributed by atoms with Crippen molar-refractivity contribution in [3.63, 3.8) is 0 Å². The van der Waals surface area contributed by atoms with Crippen LogP contribution in [0.5, 0.6) is 5.75 Å². The Hall–Kier alpha value is -2.55. The average Bonchev–Trinajstić information content (AvgIpc) is 3.05. The van der Waals surface area contributed by atoms with Gasteiger partial charge in [-0.2, -0.15) is 17.5 Å². The van der Waals surface area contributed by atoms with Gasteiger partial charge >= 0.3 is 6.18 Å². The molecule has 0 saturated heterocycles. The van der Waals surface area contributed by atoms with Gasteiger partial charge in [0.15, 0.2) is 17.4 Å². The van der Waals surface area contributed by atoms with Gasteiger partial charge in [-0.3, -0.25) is 0 Å². The van der Waals surface area contributed by atoms with Crippen LogP contribution in [-0.4, -0.2) is 4.37 Å². The Morgan fingerprint density at radius 2 is 1.68 bits per heavy atom. The van der Waals surface area contributed by atoms with E-state index >= 15 is 0 Å². The minimum atomic E-state index is -4.75. The molecule has 0 N–H and O–H groups in total. The van der Waals surface area contributed by atoms with Crippen LogP contribution in [0.4, 0.5) is 26.3 Å². The number of aromatic nitrogens is 1. The molecule has 3 rings (SSSR count). The summed E-state index contributed by atoms with van der Waals surface area (Å²) in [5.41, 5.74) is -0.0327. The van der Waals surface area contributed by atoms with Gasteiger partial charge in [0.05, 0.1) is 5.69 Å². The number of alkyl halides is 3. The summed E-state index contributed by atoms with van der Waals surface area (Å²) in [5, 5.41) is 0. The SMILES string of the molecule is CCc1ccc(-c2nsc(C(F)(F)F)c2COc2c(F)cccc2F)cc1F. The molecule has 0 aliphatic heterocycles. The van der Waals surface area contributed by atoms with Crippen LogP contribution < -0.4 is 4.74 Å². The monoisotopic (exact) mass is 417 g/mol. The molecule has 0 unspecified atom stereocenters. The number of halogens is 6. The van der Waals surface area contributed by atoms with Crippen LogP contribution in [0.1, 0.15) is 22.9 Å². The highest BCUT2D eigenvalue weighted by Gasteiger charge is 2.38. The highest BCUT2D eigenvalue weighted by Crippen LogP contribution is 2.40. The maximum Gasteiger partial charge on any atom is 0.427 e. The highest BCUT2D eigenvalue weighted by molar-refractivity contribution is 7.06. The first-order valence-corrected chi connectivity index (χ1v) is 8.91. The molecule has 1 heterocycles. The maximum absolute atomic E-state index is 14.1. The van der Waals surface area contributed by atoms with Crippen LogP contribution in [0.3, 0.4) is 0 Å². The molecular weight excluding hydrogens is 404 g/mol. The topological polar surface area (TPSA) is 22.1 Å². The van der Waals surface area contributed by atoms with Gasteiger partial charge in [0.1, 0.15) is 17.3 Å². The first kappa shape index (κ1) is 20.2. The number of para-hydroxylation sites is 1. The predicted octanol–water partition coefficient (Wildman–Crippen LogP) is 6.39. The first-order chi connectivity index (χ1) is 13.2. The Kier molecular flexibility index (Phi) is 5.64. The van der Waals surface area contributed by atoms with Gasteiger partial charge in [-0.25, -0.2) is 13.2 Å². The number of ether oxygens (including phenoxy) is 1. The zero-order valence-corrected chi connectivity index (χ0v) is 15.2. The molecule has 1 aromatic heterocycles. The quantitative estimate of drug-likeness (QED) is 0.449. The van der Waals surface area contributed by atoms with E-state index in [4.69, 9.17) is 4.74 Å². The minimum Gasteiger partial charge on any atom is -0.483 e. The summed E-state index contributed by atoms with van der Waals surface area (Å²) < 4.78 is 90.4. The van der Waals surface area contributed by atoms with Gasteiger partial charge in [-0.15, -0.1) is 0 Å². The summed E-state index contributed by atoms with van der Waals surface area (Å²) >= 11 is 0.172. The summed E-state index contributed by atoms with van der Waals surface area (Å²) in [6.07, 6.45) is -4.33. The number of nitrogens with zero attached hydrogens (tertiary/aromatic N) is 1. The average molecular weight is 417 g/mol. The Labute approximate surface area is 160 Å². The number of benzene rings is 2. The minimum absolute atomic E-state index is 0.119. The van der Waals surface area contributed by atoms with E-state index in [1.54, 1.807) is 6.92 Å². The van der Waals surface area contributed by atoms with Crippen molar-refractivity contribution < 1.29 is 31.1 Å². The highest BCUT2D eigenvalue weighted by atomic mass is 32.1. The zero-order chi connectivity index (χ0) is 20.5. The van der Waals surface area contributed by atoms with Crippen LogP contribution >= 0.6 is 11.5 Å². The van der Waals surface area contributed by atoms with Crippen LogP contribution in [0.15, 0.2) is 36.4 Å². The van der Waals surface area contributed by atoms with E-state index in [-0.39, 0.29) is 22.8 Å². The molecular formula is C19H13F6NOS. The smallest absolute Gasteiger partial charge is 0.427 e. The van der Waals surface area contributed by atoms with Crippen LogP contribution in [-0.2, 0) is 19.2 Å². The van der Waals surface area contributed by atoms with Crippen molar-refractivity contribution in [1.82, 2.24) is 4.37 Å². The molecule has 0 bridgehead atoms. The Morgan fingerprint density at radius 1 is 1.00 bits per heavy atom. The lowest BCUT2D eigenvalue weighted by Gasteiger charge is -2.12. The van der Waals surface area contributed by atoms with E-state index < -0.39 is 46.4 Å². The molecule has 0 atom stereocenters. The zero-order valence-electron chi connectivity index (χ0n) is 14.4. The summed E-state index contributed by atoms with van der Waals surface area (Å²) in [7, 11) is 0. The molecule has 0 amide bonds. The van der Waals surface area contributed by atoms with E-state index in [2.05, 4.69) is 4.37 Å². The standard InChI is InChI=1S/C19H13F6NOS/c1-2-10-6-7-11(8-15(10)22)16-12(18(28-26-16)19(23,24)25)9-27-17-13(20)4-3-5-14(17)21/h3-8H,2,9H2,1H3. The second-order valence-corrected chi connectivity index (χ2v) is 6.61. The summed E-state index contributed by atoms with van der Waals surface area (Å²) in [4.78, 5) is -1.07. The van der Waals surface area contributed by atoms with Crippen molar-refractivity contribution in [3.8, 4) is 17.0 Å². The second-order valence-electron chi connectivity index (χ2n) is 5.84. The number of hydrogen-bond donors (Lipinski definition) is 0. The second kappa shape index (κ2) is 7.83. The van der Waals surface area contributed by atoms with E-state index in [0.29, 0.717) is 12.0 Å². The molecule has 0 radical (unpaired) electrons. The van der Waals surface area contributed by atoms with Gasteiger partial charge < -0.3 is 4.74 Å². The van der Waals surface area contributed by atoms with Crippen LogP contribution in [0.25, 0.3) is 11.3 Å². The molecule has 3 aromatic rings. The van der Waals surface area contributed by atoms with Crippen LogP contribution in [0.2, 0.25) is 0 Å². The lowest BCUT2D eigenvalue weighted by molar-refractivity contribution is -0.135. The molecule has 28 heavy (non-hydrogen) atoms. The Morgan fingerprint density at radius 3 is 2.25 bits per heavy atom. The van der Waals surface area contributed by atoms with E-state index in [1.807, 2.05) is 0 Å². The molecule has 0 saturated carbocycles. The third-order valence-electron chi connectivity index (χ3n) is 4.03. The lowest BCUT2D eigenvalue weighted by atomic mass is 10.0. The molecule has 2 aromatic carbocycles. The van der Waals surface area contributed by atoms with Gasteiger partial charge in [0, 0.05) is 11.1 Å². The van der Waals surface area contributed by atoms with Gasteiger partial charge in [-0.05, 0) is 41.7 Å². The van der Waals surface area contributed by atoms with Crippen molar-refractivity contribution >= 4 is 11.5 Å². The maximum atomic E-state index is 14.1. The summed E-state index contributed by atoms with van der Waals surface area (Å²) in [6.45, 7) is 0.959. The molecule has 2 nitrogen and oxygen atoms in total. The fourth-order valence-corrected chi connectivity index (χ4v) is 3.41. The van der Waals surface area contributed by atoms with E-state index in [9.17, 15) is 26.3 Å².